The molecule has 2 amide bonds. The zero-order valence-electron chi connectivity index (χ0n) is 15.7. The number of aryl methyl sites for hydroxylation is 1. The number of hydrogen-bond acceptors (Lipinski definition) is 2. The van der Waals surface area contributed by atoms with Gasteiger partial charge in [0.25, 0.3) is 11.8 Å². The molecule has 1 aromatic carbocycles. The van der Waals surface area contributed by atoms with Crippen LogP contribution in [0.4, 0.5) is 0 Å². The van der Waals surface area contributed by atoms with E-state index in [0.717, 1.165) is 44.9 Å². The molecule has 25 heavy (non-hydrogen) atoms. The van der Waals surface area contributed by atoms with E-state index >= 15 is 0 Å². The molecule has 0 saturated carbocycles. The van der Waals surface area contributed by atoms with Gasteiger partial charge in [-0.15, -0.1) is 0 Å². The highest BCUT2D eigenvalue weighted by atomic mass is 16.2. The van der Waals surface area contributed by atoms with E-state index in [0.29, 0.717) is 0 Å². The Morgan fingerprint density at radius 2 is 1.64 bits per heavy atom. The van der Waals surface area contributed by atoms with Gasteiger partial charge < -0.3 is 0 Å². The quantitative estimate of drug-likeness (QED) is 0.672. The van der Waals surface area contributed by atoms with E-state index in [1.54, 1.807) is 4.90 Å². The number of carbonyl (C=O) groups excluding carboxylic acids is 2. The summed E-state index contributed by atoms with van der Waals surface area (Å²) in [7, 11) is 0. The Hall–Kier alpha value is -1.90. The third kappa shape index (κ3) is 2.94. The smallest absolute Gasteiger partial charge is 0.254 e. The molecule has 1 aliphatic carbocycles. The number of imide groups is 1. The van der Waals surface area contributed by atoms with Crippen molar-refractivity contribution in [2.45, 2.75) is 71.8 Å². The summed E-state index contributed by atoms with van der Waals surface area (Å²) in [5.74, 6) is -0.295. The maximum atomic E-state index is 12.6. The molecule has 1 heterocycles. The Balaban J connectivity index is 2.17. The SMILES string of the molecule is CCCc1cccc2c1[C@@H](N1C(=O)C=CC1=O)C(CCC)(CCC)C2. The predicted octanol–water partition coefficient (Wildman–Crippen LogP) is 4.75. The van der Waals surface area contributed by atoms with E-state index in [4.69, 9.17) is 0 Å². The standard InChI is InChI=1S/C22H29NO2/c1-4-8-16-9-7-10-17-15-22(13-5-2,14-6-3)21(20(16)17)23-18(24)11-12-19(23)25/h7,9-12,21H,4-6,8,13-15H2,1-3H3/t21-/m1/s1. The number of hydrogen-bond donors (Lipinski definition) is 0. The largest absolute Gasteiger partial charge is 0.269 e. The van der Waals surface area contributed by atoms with Gasteiger partial charge in [-0.1, -0.05) is 58.2 Å². The fourth-order valence-corrected chi connectivity index (χ4v) is 5.08. The van der Waals surface area contributed by atoms with Crippen LogP contribution in [0.15, 0.2) is 30.4 Å². The number of benzene rings is 1. The van der Waals surface area contributed by atoms with Crippen molar-refractivity contribution in [2.24, 2.45) is 5.41 Å². The average Bonchev–Trinajstić information content (AvgIpc) is 3.06. The zero-order chi connectivity index (χ0) is 18.0. The van der Waals surface area contributed by atoms with Crippen LogP contribution in [0.2, 0.25) is 0 Å². The summed E-state index contributed by atoms with van der Waals surface area (Å²) in [5, 5.41) is 0. The normalized spacial score (nSPS) is 21.2. The second-order valence-corrected chi connectivity index (χ2v) is 7.56. The molecule has 134 valence electrons. The van der Waals surface area contributed by atoms with Crippen LogP contribution in [0, 0.1) is 5.41 Å². The first-order chi connectivity index (χ1) is 12.1. The molecule has 1 aliphatic heterocycles. The lowest BCUT2D eigenvalue weighted by Crippen LogP contribution is -2.42. The van der Waals surface area contributed by atoms with Crippen LogP contribution in [0.5, 0.6) is 0 Å². The van der Waals surface area contributed by atoms with Crippen LogP contribution in [-0.4, -0.2) is 16.7 Å². The minimum absolute atomic E-state index is 0.0208. The van der Waals surface area contributed by atoms with E-state index in [9.17, 15) is 9.59 Å². The zero-order valence-corrected chi connectivity index (χ0v) is 15.7. The summed E-state index contributed by atoms with van der Waals surface area (Å²) in [6.45, 7) is 6.59. The summed E-state index contributed by atoms with van der Waals surface area (Å²) in [5.41, 5.74) is 3.89. The van der Waals surface area contributed by atoms with Gasteiger partial charge in [0.15, 0.2) is 0 Å². The summed E-state index contributed by atoms with van der Waals surface area (Å²) in [6, 6.07) is 6.41. The molecular weight excluding hydrogens is 310 g/mol. The molecule has 3 rings (SSSR count). The predicted molar refractivity (Wildman–Crippen MR) is 100 cm³/mol. The third-order valence-electron chi connectivity index (χ3n) is 5.80. The minimum atomic E-state index is -0.147. The molecule has 2 aliphatic rings. The van der Waals surface area contributed by atoms with Crippen molar-refractivity contribution in [1.29, 1.82) is 0 Å². The molecule has 3 nitrogen and oxygen atoms in total. The van der Waals surface area contributed by atoms with Gasteiger partial charge in [-0.25, -0.2) is 0 Å². The van der Waals surface area contributed by atoms with Gasteiger partial charge in [-0.2, -0.15) is 0 Å². The molecule has 3 heteroatoms. The summed E-state index contributed by atoms with van der Waals surface area (Å²) >= 11 is 0. The van der Waals surface area contributed by atoms with E-state index in [1.165, 1.54) is 28.8 Å². The highest BCUT2D eigenvalue weighted by molar-refractivity contribution is 6.13. The Bertz CT molecular complexity index is 680. The van der Waals surface area contributed by atoms with Gasteiger partial charge in [-0.3, -0.25) is 14.5 Å². The maximum Gasteiger partial charge on any atom is 0.254 e. The Labute approximate surface area is 151 Å². The van der Waals surface area contributed by atoms with Crippen molar-refractivity contribution in [1.82, 2.24) is 4.90 Å². The Morgan fingerprint density at radius 1 is 1.00 bits per heavy atom. The molecule has 0 N–H and O–H groups in total. The summed E-state index contributed by atoms with van der Waals surface area (Å²) in [4.78, 5) is 26.7. The van der Waals surface area contributed by atoms with E-state index in [2.05, 4.69) is 39.0 Å². The number of rotatable bonds is 7. The topological polar surface area (TPSA) is 37.4 Å². The van der Waals surface area contributed by atoms with Gasteiger partial charge in [0.05, 0.1) is 6.04 Å². The van der Waals surface area contributed by atoms with Crippen molar-refractivity contribution in [3.05, 3.63) is 47.0 Å². The van der Waals surface area contributed by atoms with Crippen molar-refractivity contribution in [3.8, 4) is 0 Å². The van der Waals surface area contributed by atoms with Crippen molar-refractivity contribution >= 4 is 11.8 Å². The van der Waals surface area contributed by atoms with Crippen LogP contribution < -0.4 is 0 Å². The summed E-state index contributed by atoms with van der Waals surface area (Å²) < 4.78 is 0. The van der Waals surface area contributed by atoms with Crippen LogP contribution >= 0.6 is 0 Å². The third-order valence-corrected chi connectivity index (χ3v) is 5.80. The Morgan fingerprint density at radius 3 is 2.20 bits per heavy atom. The first-order valence-electron chi connectivity index (χ1n) is 9.73. The first-order valence-corrected chi connectivity index (χ1v) is 9.73. The minimum Gasteiger partial charge on any atom is -0.269 e. The molecule has 1 atom stereocenters. The van der Waals surface area contributed by atoms with E-state index in [-0.39, 0.29) is 23.3 Å². The van der Waals surface area contributed by atoms with E-state index in [1.807, 2.05) is 0 Å². The molecule has 0 unspecified atom stereocenters. The fourth-order valence-electron chi connectivity index (χ4n) is 5.08. The van der Waals surface area contributed by atoms with Gasteiger partial charge >= 0.3 is 0 Å². The number of fused-ring (bicyclic) bond motifs is 1. The van der Waals surface area contributed by atoms with Gasteiger partial charge in [-0.05, 0) is 47.8 Å². The molecule has 0 bridgehead atoms. The second-order valence-electron chi connectivity index (χ2n) is 7.56. The lowest BCUT2D eigenvalue weighted by atomic mass is 9.72. The van der Waals surface area contributed by atoms with Crippen LogP contribution in [0.25, 0.3) is 0 Å². The maximum absolute atomic E-state index is 12.6. The monoisotopic (exact) mass is 339 g/mol. The number of nitrogens with zero attached hydrogens (tertiary/aromatic N) is 1. The fraction of sp³-hybridized carbons (Fsp3) is 0.545. The van der Waals surface area contributed by atoms with Gasteiger partial charge in [0.1, 0.15) is 0 Å². The van der Waals surface area contributed by atoms with Crippen molar-refractivity contribution in [2.75, 3.05) is 0 Å². The molecule has 0 radical (unpaired) electrons. The number of amides is 2. The van der Waals surface area contributed by atoms with Crippen molar-refractivity contribution < 1.29 is 9.59 Å². The second kappa shape index (κ2) is 7.15. The lowest BCUT2D eigenvalue weighted by Gasteiger charge is -2.40. The van der Waals surface area contributed by atoms with E-state index < -0.39 is 0 Å². The lowest BCUT2D eigenvalue weighted by molar-refractivity contribution is -0.143. The average molecular weight is 339 g/mol. The first kappa shape index (κ1) is 17.9. The molecule has 0 fully saturated rings. The molecule has 0 aromatic heterocycles. The summed E-state index contributed by atoms with van der Waals surface area (Å²) in [6.07, 6.45) is 10.1. The van der Waals surface area contributed by atoms with Crippen LogP contribution in [-0.2, 0) is 22.4 Å². The highest BCUT2D eigenvalue weighted by Crippen LogP contribution is 2.56. The van der Waals surface area contributed by atoms with Crippen LogP contribution in [0.1, 0.15) is 75.6 Å². The highest BCUT2D eigenvalue weighted by Gasteiger charge is 2.51. The molecular formula is C22H29NO2. The Kier molecular flexibility index (Phi) is 5.12. The molecule has 0 saturated heterocycles. The van der Waals surface area contributed by atoms with Crippen LogP contribution in [0.3, 0.4) is 0 Å². The van der Waals surface area contributed by atoms with Gasteiger partial charge in [0, 0.05) is 12.2 Å². The molecule has 0 spiro atoms. The van der Waals surface area contributed by atoms with Gasteiger partial charge in [0.2, 0.25) is 0 Å². The van der Waals surface area contributed by atoms with Crippen molar-refractivity contribution in [3.63, 3.8) is 0 Å². The molecule has 1 aromatic rings. The number of carbonyl (C=O) groups is 2.